The monoisotopic (exact) mass is 312 g/mol. The van der Waals surface area contributed by atoms with Gasteiger partial charge in [-0.25, -0.2) is 0 Å². The van der Waals surface area contributed by atoms with Gasteiger partial charge >= 0.3 is 5.37 Å². The second-order valence-electron chi connectivity index (χ2n) is 6.01. The molecule has 0 radical (unpaired) electrons. The van der Waals surface area contributed by atoms with Crippen molar-refractivity contribution in [3.05, 3.63) is 34.9 Å². The minimum absolute atomic E-state index is 0.261. The quantitative estimate of drug-likeness (QED) is 0.615. The van der Waals surface area contributed by atoms with Crippen LogP contribution in [0, 0.1) is 5.41 Å². The smallest absolute Gasteiger partial charge is 0.316 e. The normalized spacial score (nSPS) is 26.6. The molecule has 1 aromatic carbocycles. The van der Waals surface area contributed by atoms with Crippen molar-refractivity contribution in [2.24, 2.45) is 5.41 Å². The van der Waals surface area contributed by atoms with E-state index >= 15 is 0 Å². The van der Waals surface area contributed by atoms with E-state index < -0.39 is 0 Å². The summed E-state index contributed by atoms with van der Waals surface area (Å²) in [5.41, 5.74) is 1.55. The van der Waals surface area contributed by atoms with Crippen LogP contribution in [0.3, 0.4) is 0 Å². The predicted molar refractivity (Wildman–Crippen MR) is 81.2 cm³/mol. The largest absolute Gasteiger partial charge is 0.329 e. The van der Waals surface area contributed by atoms with Gasteiger partial charge in [0.15, 0.2) is 0 Å². The average molecular weight is 313 g/mol. The molecule has 0 saturated carbocycles. The SMILES string of the molecule is O=C(Cl)N1CCC2(CCN(Cc3ccc(Cl)cc3)C2)C1. The summed E-state index contributed by atoms with van der Waals surface area (Å²) in [6.07, 6.45) is 2.23. The van der Waals surface area contributed by atoms with E-state index in [0.29, 0.717) is 0 Å². The second-order valence-corrected chi connectivity index (χ2v) is 6.77. The number of nitrogens with zero attached hydrogens (tertiary/aromatic N) is 2. The Balaban J connectivity index is 1.60. The van der Waals surface area contributed by atoms with Crippen LogP contribution >= 0.6 is 23.2 Å². The first-order chi connectivity index (χ1) is 9.56. The van der Waals surface area contributed by atoms with E-state index in [0.717, 1.165) is 50.6 Å². The van der Waals surface area contributed by atoms with Crippen LogP contribution in [0.25, 0.3) is 0 Å². The Morgan fingerprint density at radius 3 is 2.50 bits per heavy atom. The Kier molecular flexibility index (Phi) is 3.93. The van der Waals surface area contributed by atoms with Crippen molar-refractivity contribution in [2.75, 3.05) is 26.2 Å². The third-order valence-electron chi connectivity index (χ3n) is 4.52. The van der Waals surface area contributed by atoms with Crippen molar-refractivity contribution >= 4 is 28.6 Å². The van der Waals surface area contributed by atoms with Crippen molar-refractivity contribution in [3.63, 3.8) is 0 Å². The van der Waals surface area contributed by atoms with Gasteiger partial charge in [-0.3, -0.25) is 9.69 Å². The van der Waals surface area contributed by atoms with Crippen LogP contribution in [-0.4, -0.2) is 41.3 Å². The highest BCUT2D eigenvalue weighted by atomic mass is 35.5. The zero-order valence-electron chi connectivity index (χ0n) is 11.3. The Morgan fingerprint density at radius 1 is 1.15 bits per heavy atom. The number of carbonyl (C=O) groups excluding carboxylic acids is 1. The van der Waals surface area contributed by atoms with Gasteiger partial charge in [0.2, 0.25) is 0 Å². The molecule has 0 bridgehead atoms. The Morgan fingerprint density at radius 2 is 1.85 bits per heavy atom. The van der Waals surface area contributed by atoms with E-state index in [-0.39, 0.29) is 10.8 Å². The average Bonchev–Trinajstić information content (AvgIpc) is 3.01. The van der Waals surface area contributed by atoms with Crippen LogP contribution in [0.15, 0.2) is 24.3 Å². The summed E-state index contributed by atoms with van der Waals surface area (Å²) in [6.45, 7) is 4.71. The van der Waals surface area contributed by atoms with Crippen LogP contribution in [0.4, 0.5) is 4.79 Å². The minimum Gasteiger partial charge on any atom is -0.329 e. The van der Waals surface area contributed by atoms with Gasteiger partial charge in [0.1, 0.15) is 0 Å². The van der Waals surface area contributed by atoms with E-state index in [4.69, 9.17) is 23.2 Å². The number of likely N-dealkylation sites (tertiary alicyclic amines) is 2. The fourth-order valence-electron chi connectivity index (χ4n) is 3.43. The molecule has 20 heavy (non-hydrogen) atoms. The molecule has 1 atom stereocenters. The maximum absolute atomic E-state index is 11.3. The first-order valence-corrected chi connectivity index (χ1v) is 7.73. The Labute approximate surface area is 129 Å². The van der Waals surface area contributed by atoms with Crippen LogP contribution in [0.5, 0.6) is 0 Å². The maximum atomic E-state index is 11.3. The van der Waals surface area contributed by atoms with Gasteiger partial charge in [-0.1, -0.05) is 23.7 Å². The highest BCUT2D eigenvalue weighted by Crippen LogP contribution is 2.40. The number of halogens is 2. The van der Waals surface area contributed by atoms with E-state index in [2.05, 4.69) is 17.0 Å². The number of hydrogen-bond donors (Lipinski definition) is 0. The summed E-state index contributed by atoms with van der Waals surface area (Å²) in [4.78, 5) is 15.5. The molecule has 0 aromatic heterocycles. The van der Waals surface area contributed by atoms with Gasteiger partial charge in [-0.05, 0) is 48.7 Å². The van der Waals surface area contributed by atoms with Gasteiger partial charge in [0.25, 0.3) is 0 Å². The fraction of sp³-hybridized carbons (Fsp3) is 0.533. The molecule has 2 aliphatic rings. The molecular weight excluding hydrogens is 295 g/mol. The third kappa shape index (κ3) is 2.95. The highest BCUT2D eigenvalue weighted by molar-refractivity contribution is 6.62. The number of carbonyl (C=O) groups is 1. The molecule has 108 valence electrons. The van der Waals surface area contributed by atoms with E-state index in [1.54, 1.807) is 4.90 Å². The van der Waals surface area contributed by atoms with Crippen molar-refractivity contribution in [1.29, 1.82) is 0 Å². The molecule has 3 nitrogen and oxygen atoms in total. The molecule has 1 aromatic rings. The lowest BCUT2D eigenvalue weighted by Gasteiger charge is -2.24. The van der Waals surface area contributed by atoms with E-state index in [9.17, 15) is 4.79 Å². The standard InChI is InChI=1S/C15H18Cl2N2O/c16-13-3-1-12(2-4-13)9-18-7-5-15(10-18)6-8-19(11-15)14(17)20/h1-4H,5-11H2. The molecule has 2 fully saturated rings. The molecule has 1 unspecified atom stereocenters. The lowest BCUT2D eigenvalue weighted by atomic mass is 9.86. The highest BCUT2D eigenvalue weighted by Gasteiger charge is 2.44. The van der Waals surface area contributed by atoms with Crippen LogP contribution in [-0.2, 0) is 6.54 Å². The Hall–Kier alpha value is -0.770. The summed E-state index contributed by atoms with van der Waals surface area (Å²) in [5, 5.41) is 0.469. The molecule has 0 aliphatic carbocycles. The summed E-state index contributed by atoms with van der Waals surface area (Å²) < 4.78 is 0. The lowest BCUT2D eigenvalue weighted by Crippen LogP contribution is -2.31. The molecule has 3 rings (SSSR count). The first kappa shape index (κ1) is 14.2. The van der Waals surface area contributed by atoms with Gasteiger partial charge in [-0.2, -0.15) is 0 Å². The fourth-order valence-corrected chi connectivity index (χ4v) is 3.70. The molecule has 2 heterocycles. The molecular formula is C15H18Cl2N2O. The first-order valence-electron chi connectivity index (χ1n) is 6.98. The molecule has 1 amide bonds. The molecule has 0 N–H and O–H groups in total. The van der Waals surface area contributed by atoms with Crippen molar-refractivity contribution in [2.45, 2.75) is 19.4 Å². The van der Waals surface area contributed by atoms with Crippen molar-refractivity contribution in [3.8, 4) is 0 Å². The number of benzene rings is 1. The number of hydrogen-bond acceptors (Lipinski definition) is 2. The van der Waals surface area contributed by atoms with Crippen LogP contribution in [0.1, 0.15) is 18.4 Å². The van der Waals surface area contributed by atoms with Gasteiger partial charge < -0.3 is 4.90 Å². The molecule has 5 heteroatoms. The summed E-state index contributed by atoms with van der Waals surface area (Å²) in [7, 11) is 0. The predicted octanol–water partition coefficient (Wildman–Crippen LogP) is 3.60. The zero-order valence-corrected chi connectivity index (χ0v) is 12.8. The summed E-state index contributed by atoms with van der Waals surface area (Å²) >= 11 is 11.5. The topological polar surface area (TPSA) is 23.6 Å². The third-order valence-corrected chi connectivity index (χ3v) is 5.01. The molecule has 2 aliphatic heterocycles. The Bertz CT molecular complexity index is 505. The van der Waals surface area contributed by atoms with Crippen LogP contribution in [0.2, 0.25) is 5.02 Å². The lowest BCUT2D eigenvalue weighted by molar-refractivity contribution is 0.218. The van der Waals surface area contributed by atoms with Gasteiger partial charge in [0.05, 0.1) is 0 Å². The summed E-state index contributed by atoms with van der Waals surface area (Å²) in [5.74, 6) is 0. The van der Waals surface area contributed by atoms with Crippen molar-refractivity contribution in [1.82, 2.24) is 9.80 Å². The van der Waals surface area contributed by atoms with Crippen LogP contribution < -0.4 is 0 Å². The summed E-state index contributed by atoms with van der Waals surface area (Å²) in [6, 6.07) is 8.03. The molecule has 2 saturated heterocycles. The zero-order chi connectivity index (χ0) is 14.2. The maximum Gasteiger partial charge on any atom is 0.316 e. The second kappa shape index (κ2) is 5.55. The van der Waals surface area contributed by atoms with Gasteiger partial charge in [0, 0.05) is 36.6 Å². The number of rotatable bonds is 2. The number of amides is 1. The molecule has 1 spiro atoms. The minimum atomic E-state index is -0.307. The van der Waals surface area contributed by atoms with Gasteiger partial charge in [-0.15, -0.1) is 0 Å². The van der Waals surface area contributed by atoms with E-state index in [1.165, 1.54) is 5.56 Å². The van der Waals surface area contributed by atoms with E-state index in [1.807, 2.05) is 12.1 Å². The van der Waals surface area contributed by atoms with Crippen molar-refractivity contribution < 1.29 is 4.79 Å².